The van der Waals surface area contributed by atoms with E-state index in [0.29, 0.717) is 36.3 Å². The Morgan fingerprint density at radius 2 is 0.536 bits per heavy atom. The summed E-state index contributed by atoms with van der Waals surface area (Å²) in [6, 6.07) is 27.7. The molecule has 0 spiro atoms. The van der Waals surface area contributed by atoms with Gasteiger partial charge in [0, 0.05) is 36.3 Å². The fourth-order valence-electron chi connectivity index (χ4n) is 8.45. The third-order valence-corrected chi connectivity index (χ3v) is 12.4. The van der Waals surface area contributed by atoms with Gasteiger partial charge < -0.3 is 16.0 Å². The molecule has 0 aliphatic heterocycles. The molecule has 0 unspecified atom stereocenters. The molecular formula is C63H81N3O3. The Bertz CT molecular complexity index is 2020. The molecule has 0 aromatic heterocycles. The monoisotopic (exact) mass is 928 g/mol. The summed E-state index contributed by atoms with van der Waals surface area (Å²) in [4.78, 5) is 45.3. The molecule has 3 amide bonds. The molecule has 4 aromatic rings. The van der Waals surface area contributed by atoms with Crippen molar-refractivity contribution in [1.82, 2.24) is 0 Å². The van der Waals surface area contributed by atoms with Gasteiger partial charge in [0.05, 0.1) is 33.4 Å². The highest BCUT2D eigenvalue weighted by Crippen LogP contribution is 2.31. The van der Waals surface area contributed by atoms with Crippen LogP contribution in [0.5, 0.6) is 0 Å². The van der Waals surface area contributed by atoms with E-state index in [1.54, 1.807) is 0 Å². The lowest BCUT2D eigenvalue weighted by Crippen LogP contribution is -2.26. The van der Waals surface area contributed by atoms with Crippen LogP contribution in [0.25, 0.3) is 0 Å². The van der Waals surface area contributed by atoms with E-state index >= 15 is 14.4 Å². The molecular weight excluding hydrogens is 847 g/mol. The first-order valence-electron chi connectivity index (χ1n) is 26.8. The number of carbonyl (C=O) groups is 3. The van der Waals surface area contributed by atoms with Crippen LogP contribution in [0.4, 0.5) is 17.1 Å². The summed E-state index contributed by atoms with van der Waals surface area (Å²) in [5.41, 5.74) is 2.65. The van der Waals surface area contributed by atoms with Gasteiger partial charge in [0.25, 0.3) is 17.7 Å². The second-order valence-electron chi connectivity index (χ2n) is 18.3. The number of amides is 3. The number of benzene rings is 4. The van der Waals surface area contributed by atoms with E-state index in [2.05, 4.69) is 72.2 Å². The summed E-state index contributed by atoms with van der Waals surface area (Å²) in [5, 5.41) is 9.25. The van der Waals surface area contributed by atoms with Gasteiger partial charge in [-0.15, -0.1) is 0 Å². The Kier molecular flexibility index (Phi) is 28.3. The molecule has 0 bridgehead atoms. The smallest absolute Gasteiger partial charge is 0.258 e. The van der Waals surface area contributed by atoms with Crippen molar-refractivity contribution in [3.05, 3.63) is 124 Å². The minimum atomic E-state index is -0.505. The number of hydrogen-bond donors (Lipinski definition) is 3. The summed E-state index contributed by atoms with van der Waals surface area (Å²) in [6.07, 6.45) is 29.7. The third kappa shape index (κ3) is 21.4. The number of unbranched alkanes of at least 4 members (excludes halogenated alkanes) is 24. The number of carbonyl (C=O) groups excluding carboxylic acids is 3. The number of hydrogen-bond acceptors (Lipinski definition) is 3. The molecule has 0 saturated carbocycles. The topological polar surface area (TPSA) is 87.3 Å². The second-order valence-corrected chi connectivity index (χ2v) is 18.3. The first-order valence-corrected chi connectivity index (χ1v) is 26.8. The van der Waals surface area contributed by atoms with Gasteiger partial charge in [0.15, 0.2) is 0 Å². The van der Waals surface area contributed by atoms with E-state index in [1.165, 1.54) is 96.3 Å². The summed E-state index contributed by atoms with van der Waals surface area (Å²) in [7, 11) is 0. The first-order chi connectivity index (χ1) is 34.0. The van der Waals surface area contributed by atoms with Crippen LogP contribution >= 0.6 is 0 Å². The highest BCUT2D eigenvalue weighted by molar-refractivity contribution is 6.19. The lowest BCUT2D eigenvalue weighted by molar-refractivity contribution is 0.102. The zero-order chi connectivity index (χ0) is 49.0. The molecule has 4 rings (SSSR count). The van der Waals surface area contributed by atoms with Gasteiger partial charge in [-0.3, -0.25) is 14.4 Å². The molecule has 0 radical (unpaired) electrons. The summed E-state index contributed by atoms with van der Waals surface area (Å²) in [6.45, 7) is 6.71. The Morgan fingerprint density at radius 1 is 0.319 bits per heavy atom. The number of nitrogens with one attached hydrogen (secondary N) is 3. The molecule has 0 saturated heterocycles. The van der Waals surface area contributed by atoms with Crippen molar-refractivity contribution in [2.75, 3.05) is 16.0 Å². The molecule has 0 aliphatic carbocycles. The lowest BCUT2D eigenvalue weighted by Gasteiger charge is -2.20. The molecule has 3 N–H and O–H groups in total. The average Bonchev–Trinajstić information content (AvgIpc) is 3.36. The van der Waals surface area contributed by atoms with E-state index in [9.17, 15) is 0 Å². The van der Waals surface area contributed by atoms with Crippen molar-refractivity contribution in [3.8, 4) is 35.5 Å². The van der Waals surface area contributed by atoms with Crippen molar-refractivity contribution < 1.29 is 14.4 Å². The fourth-order valence-corrected chi connectivity index (χ4v) is 8.45. The van der Waals surface area contributed by atoms with Crippen molar-refractivity contribution in [2.45, 2.75) is 194 Å². The van der Waals surface area contributed by atoms with Crippen molar-refractivity contribution >= 4 is 34.8 Å². The van der Waals surface area contributed by atoms with E-state index < -0.39 is 17.7 Å². The highest BCUT2D eigenvalue weighted by atomic mass is 16.2. The van der Waals surface area contributed by atoms with Crippen molar-refractivity contribution in [1.29, 1.82) is 0 Å². The fraction of sp³-hybridized carbons (Fsp3) is 0.476. The van der Waals surface area contributed by atoms with Gasteiger partial charge in [0.1, 0.15) is 0 Å². The molecule has 6 heteroatoms. The minimum absolute atomic E-state index is 0.0933. The molecule has 4 aromatic carbocycles. The standard InChI is InChI=1S/C63H81N3O3/c1-4-7-10-13-16-19-22-25-28-40-49-55-58(61(67)64-52-43-34-31-35-44-52)56(50-41-29-26-23-20-17-14-11-8-5-2)60(63(69)66-54-47-38-33-39-48-54)57(51-42-30-27-24-21-18-15-12-9-6-3)59(55)62(68)65-53-45-36-32-37-46-53/h31-39,43-48H,4-30H2,1-3H3,(H,64,67)(H,65,68)(H,66,69). The van der Waals surface area contributed by atoms with Gasteiger partial charge in [-0.25, -0.2) is 0 Å². The molecule has 366 valence electrons. The second kappa shape index (κ2) is 35.1. The molecule has 69 heavy (non-hydrogen) atoms. The molecule has 0 heterocycles. The largest absolute Gasteiger partial charge is 0.322 e. The molecule has 0 atom stereocenters. The maximum Gasteiger partial charge on any atom is 0.258 e. The van der Waals surface area contributed by atoms with Gasteiger partial charge in [-0.05, 0) is 55.7 Å². The SMILES string of the molecule is CCCCCCCCCCC#Cc1c(C(=O)Nc2ccccc2)c(C#CCCCCCCCCCC)c(C(=O)Nc2ccccc2)c(C#CCCCCCCCCCC)c1C(=O)Nc1ccccc1. The summed E-state index contributed by atoms with van der Waals surface area (Å²) in [5.74, 6) is 18.7. The zero-order valence-corrected chi connectivity index (χ0v) is 42.5. The number of para-hydroxylation sites is 3. The van der Waals surface area contributed by atoms with E-state index in [4.69, 9.17) is 0 Å². The van der Waals surface area contributed by atoms with E-state index in [-0.39, 0.29) is 33.4 Å². The maximum absolute atomic E-state index is 15.1. The van der Waals surface area contributed by atoms with Gasteiger partial charge in [-0.1, -0.05) is 246 Å². The van der Waals surface area contributed by atoms with Crippen molar-refractivity contribution in [3.63, 3.8) is 0 Å². The number of anilines is 3. The Morgan fingerprint density at radius 3 is 0.768 bits per heavy atom. The van der Waals surface area contributed by atoms with Crippen LogP contribution in [0.1, 0.15) is 242 Å². The van der Waals surface area contributed by atoms with Crippen LogP contribution in [0.2, 0.25) is 0 Å². The number of rotatable bonds is 30. The Labute approximate surface area is 417 Å². The van der Waals surface area contributed by atoms with Crippen LogP contribution in [-0.4, -0.2) is 17.7 Å². The molecule has 6 nitrogen and oxygen atoms in total. The predicted molar refractivity (Wildman–Crippen MR) is 292 cm³/mol. The van der Waals surface area contributed by atoms with Crippen LogP contribution in [0.15, 0.2) is 91.0 Å². The predicted octanol–water partition coefficient (Wildman–Crippen LogP) is 17.1. The van der Waals surface area contributed by atoms with Crippen LogP contribution in [-0.2, 0) is 0 Å². The van der Waals surface area contributed by atoms with E-state index in [0.717, 1.165) is 57.8 Å². The summed E-state index contributed by atoms with van der Waals surface area (Å²) < 4.78 is 0. The minimum Gasteiger partial charge on any atom is -0.322 e. The molecule has 0 aliphatic rings. The van der Waals surface area contributed by atoms with Crippen LogP contribution in [0.3, 0.4) is 0 Å². The van der Waals surface area contributed by atoms with Gasteiger partial charge in [-0.2, -0.15) is 0 Å². The van der Waals surface area contributed by atoms with Crippen LogP contribution < -0.4 is 16.0 Å². The average molecular weight is 928 g/mol. The zero-order valence-electron chi connectivity index (χ0n) is 42.5. The lowest BCUT2D eigenvalue weighted by atomic mass is 9.84. The Balaban J connectivity index is 1.94. The normalized spacial score (nSPS) is 10.5. The summed E-state index contributed by atoms with van der Waals surface area (Å²) >= 11 is 0. The van der Waals surface area contributed by atoms with E-state index in [1.807, 2.05) is 91.0 Å². The first kappa shape index (κ1) is 55.6. The Hall–Kier alpha value is -6.03. The highest BCUT2D eigenvalue weighted by Gasteiger charge is 2.32. The molecule has 0 fully saturated rings. The van der Waals surface area contributed by atoms with Gasteiger partial charge >= 0.3 is 0 Å². The maximum atomic E-state index is 15.1. The van der Waals surface area contributed by atoms with Crippen molar-refractivity contribution in [2.24, 2.45) is 0 Å². The van der Waals surface area contributed by atoms with Gasteiger partial charge in [0.2, 0.25) is 0 Å². The quantitative estimate of drug-likeness (QED) is 0.0360. The third-order valence-electron chi connectivity index (χ3n) is 12.4. The van der Waals surface area contributed by atoms with Crippen LogP contribution in [0, 0.1) is 35.5 Å².